The van der Waals surface area contributed by atoms with Crippen LogP contribution in [0.25, 0.3) is 0 Å². The summed E-state index contributed by atoms with van der Waals surface area (Å²) in [5, 5.41) is 3.48. The fourth-order valence-corrected chi connectivity index (χ4v) is 2.72. The molecule has 0 radical (unpaired) electrons. The summed E-state index contributed by atoms with van der Waals surface area (Å²) in [5.74, 6) is 1.17. The van der Waals surface area contributed by atoms with E-state index in [1.54, 1.807) is 0 Å². The van der Waals surface area contributed by atoms with Gasteiger partial charge in [-0.2, -0.15) is 0 Å². The number of fused-ring (bicyclic) bond motifs is 3. The molecule has 0 saturated carbocycles. The lowest BCUT2D eigenvalue weighted by molar-refractivity contribution is 0.447. The molecule has 1 fully saturated rings. The summed E-state index contributed by atoms with van der Waals surface area (Å²) < 4.78 is 0. The first-order valence-electron chi connectivity index (χ1n) is 5.91. The summed E-state index contributed by atoms with van der Waals surface area (Å²) in [5.41, 5.74) is 1.21. The molecule has 80 valence electrons. The highest BCUT2D eigenvalue weighted by Crippen LogP contribution is 2.32. The Morgan fingerprint density at radius 2 is 2.33 bits per heavy atom. The van der Waals surface area contributed by atoms with Crippen LogP contribution in [-0.4, -0.2) is 24.1 Å². The van der Waals surface area contributed by atoms with Crippen molar-refractivity contribution in [3.05, 3.63) is 18.3 Å². The van der Waals surface area contributed by atoms with Crippen LogP contribution in [0, 0.1) is 0 Å². The van der Waals surface area contributed by atoms with E-state index in [9.17, 15) is 0 Å². The van der Waals surface area contributed by atoms with Crippen LogP contribution in [0.1, 0.15) is 25.7 Å². The number of rotatable bonds is 0. The molecule has 0 spiro atoms. The molecule has 0 bridgehead atoms. The predicted octanol–water partition coefficient (Wildman–Crippen LogP) is 2.26. The average molecular weight is 203 g/mol. The number of piperidine rings is 1. The van der Waals surface area contributed by atoms with Crippen molar-refractivity contribution in [2.45, 2.75) is 31.7 Å². The predicted molar refractivity (Wildman–Crippen MR) is 62.3 cm³/mol. The number of hydrogen-bond acceptors (Lipinski definition) is 3. The molecular weight excluding hydrogens is 186 g/mol. The Kier molecular flexibility index (Phi) is 2.24. The summed E-state index contributed by atoms with van der Waals surface area (Å²) in [6, 6.07) is 4.86. The molecular formula is C12H17N3. The van der Waals surface area contributed by atoms with Gasteiger partial charge in [0.1, 0.15) is 0 Å². The molecule has 1 unspecified atom stereocenters. The topological polar surface area (TPSA) is 28.2 Å². The van der Waals surface area contributed by atoms with Gasteiger partial charge in [-0.1, -0.05) is 0 Å². The zero-order valence-electron chi connectivity index (χ0n) is 8.95. The first-order valence-corrected chi connectivity index (χ1v) is 5.91. The van der Waals surface area contributed by atoms with Crippen LogP contribution in [0.2, 0.25) is 0 Å². The van der Waals surface area contributed by atoms with E-state index in [4.69, 9.17) is 0 Å². The molecule has 0 amide bonds. The second-order valence-corrected chi connectivity index (χ2v) is 4.43. The number of pyridine rings is 1. The van der Waals surface area contributed by atoms with Gasteiger partial charge in [0, 0.05) is 25.3 Å². The first kappa shape index (κ1) is 9.01. The molecule has 0 aliphatic carbocycles. The molecule has 15 heavy (non-hydrogen) atoms. The standard InChI is InChI=1S/C12H17N3/c1-2-9-15-10(4-1)6-8-13-11-5-3-7-14-12(11)15/h3,5,7,10,13H,1-2,4,6,8-9H2. The van der Waals surface area contributed by atoms with E-state index in [0.717, 1.165) is 6.54 Å². The van der Waals surface area contributed by atoms with Crippen LogP contribution >= 0.6 is 0 Å². The number of aromatic nitrogens is 1. The van der Waals surface area contributed by atoms with Crippen molar-refractivity contribution in [1.82, 2.24) is 4.98 Å². The van der Waals surface area contributed by atoms with E-state index in [1.807, 2.05) is 12.3 Å². The summed E-state index contributed by atoms with van der Waals surface area (Å²) in [6.07, 6.45) is 7.17. The third-order valence-electron chi connectivity index (χ3n) is 3.48. The summed E-state index contributed by atoms with van der Waals surface area (Å²) in [6.45, 7) is 2.26. The maximum absolute atomic E-state index is 4.53. The highest BCUT2D eigenvalue weighted by Gasteiger charge is 2.27. The highest BCUT2D eigenvalue weighted by molar-refractivity contribution is 5.66. The summed E-state index contributed by atoms with van der Waals surface area (Å²) >= 11 is 0. The Balaban J connectivity index is 1.99. The molecule has 1 N–H and O–H groups in total. The molecule has 2 aliphatic heterocycles. The van der Waals surface area contributed by atoms with E-state index in [2.05, 4.69) is 21.3 Å². The molecule has 3 rings (SSSR count). The van der Waals surface area contributed by atoms with Gasteiger partial charge in [-0.25, -0.2) is 4.98 Å². The van der Waals surface area contributed by atoms with Gasteiger partial charge in [0.15, 0.2) is 5.82 Å². The van der Waals surface area contributed by atoms with Gasteiger partial charge < -0.3 is 10.2 Å². The molecule has 3 heteroatoms. The minimum Gasteiger partial charge on any atom is -0.382 e. The Bertz CT molecular complexity index is 350. The van der Waals surface area contributed by atoms with Crippen molar-refractivity contribution >= 4 is 11.5 Å². The van der Waals surface area contributed by atoms with Crippen molar-refractivity contribution < 1.29 is 0 Å². The van der Waals surface area contributed by atoms with Gasteiger partial charge in [0.2, 0.25) is 0 Å². The lowest BCUT2D eigenvalue weighted by Gasteiger charge is -2.35. The van der Waals surface area contributed by atoms with Crippen molar-refractivity contribution in [2.24, 2.45) is 0 Å². The quantitative estimate of drug-likeness (QED) is 0.701. The molecule has 1 aromatic heterocycles. The van der Waals surface area contributed by atoms with Gasteiger partial charge >= 0.3 is 0 Å². The molecule has 3 heterocycles. The van der Waals surface area contributed by atoms with Crippen molar-refractivity contribution in [2.75, 3.05) is 23.3 Å². The largest absolute Gasteiger partial charge is 0.382 e. The van der Waals surface area contributed by atoms with Crippen LogP contribution < -0.4 is 10.2 Å². The monoisotopic (exact) mass is 203 g/mol. The van der Waals surface area contributed by atoms with Gasteiger partial charge in [0.05, 0.1) is 5.69 Å². The number of nitrogens with zero attached hydrogens (tertiary/aromatic N) is 2. The highest BCUT2D eigenvalue weighted by atomic mass is 15.2. The lowest BCUT2D eigenvalue weighted by atomic mass is 10.00. The Labute approximate surface area is 90.5 Å². The Hall–Kier alpha value is -1.25. The second-order valence-electron chi connectivity index (χ2n) is 4.43. The fourth-order valence-electron chi connectivity index (χ4n) is 2.72. The maximum atomic E-state index is 4.53. The molecule has 2 aliphatic rings. The zero-order valence-corrected chi connectivity index (χ0v) is 8.95. The zero-order chi connectivity index (χ0) is 10.1. The van der Waals surface area contributed by atoms with E-state index < -0.39 is 0 Å². The van der Waals surface area contributed by atoms with Crippen molar-refractivity contribution in [3.63, 3.8) is 0 Å². The Morgan fingerprint density at radius 3 is 3.33 bits per heavy atom. The van der Waals surface area contributed by atoms with Crippen LogP contribution in [-0.2, 0) is 0 Å². The third kappa shape index (κ3) is 1.56. The SMILES string of the molecule is c1cnc2c(c1)NCCC1CCCCN21. The molecule has 1 aromatic rings. The van der Waals surface area contributed by atoms with Gasteiger partial charge in [0.25, 0.3) is 0 Å². The normalized spacial score (nSPS) is 24.8. The molecule has 0 aromatic carbocycles. The summed E-state index contributed by atoms with van der Waals surface area (Å²) in [7, 11) is 0. The van der Waals surface area contributed by atoms with Crippen LogP contribution in [0.3, 0.4) is 0 Å². The minimum atomic E-state index is 0.711. The Morgan fingerprint density at radius 1 is 1.33 bits per heavy atom. The van der Waals surface area contributed by atoms with E-state index >= 15 is 0 Å². The molecule has 1 atom stereocenters. The third-order valence-corrected chi connectivity index (χ3v) is 3.48. The maximum Gasteiger partial charge on any atom is 0.152 e. The van der Waals surface area contributed by atoms with E-state index in [0.29, 0.717) is 6.04 Å². The van der Waals surface area contributed by atoms with E-state index in [1.165, 1.54) is 43.7 Å². The summed E-state index contributed by atoms with van der Waals surface area (Å²) in [4.78, 5) is 7.03. The van der Waals surface area contributed by atoms with Gasteiger partial charge in [-0.15, -0.1) is 0 Å². The second kappa shape index (κ2) is 3.72. The van der Waals surface area contributed by atoms with Gasteiger partial charge in [-0.3, -0.25) is 0 Å². The van der Waals surface area contributed by atoms with Gasteiger partial charge in [-0.05, 0) is 37.8 Å². The average Bonchev–Trinajstić information content (AvgIpc) is 2.48. The van der Waals surface area contributed by atoms with Crippen LogP contribution in [0.5, 0.6) is 0 Å². The number of hydrogen-bond donors (Lipinski definition) is 1. The molecule has 3 nitrogen and oxygen atoms in total. The van der Waals surface area contributed by atoms with Crippen LogP contribution in [0.15, 0.2) is 18.3 Å². The smallest absolute Gasteiger partial charge is 0.152 e. The number of nitrogens with one attached hydrogen (secondary N) is 1. The van der Waals surface area contributed by atoms with Crippen molar-refractivity contribution in [1.29, 1.82) is 0 Å². The fraction of sp³-hybridized carbons (Fsp3) is 0.583. The van der Waals surface area contributed by atoms with Crippen molar-refractivity contribution in [3.8, 4) is 0 Å². The van der Waals surface area contributed by atoms with Crippen LogP contribution in [0.4, 0.5) is 11.5 Å². The molecule has 1 saturated heterocycles. The van der Waals surface area contributed by atoms with E-state index in [-0.39, 0.29) is 0 Å². The first-order chi connectivity index (χ1) is 7.45. The number of anilines is 2. The minimum absolute atomic E-state index is 0.711. The lowest BCUT2D eigenvalue weighted by Crippen LogP contribution is -2.39.